The van der Waals surface area contributed by atoms with E-state index in [2.05, 4.69) is 48.9 Å². The summed E-state index contributed by atoms with van der Waals surface area (Å²) in [5, 5.41) is 0.770. The zero-order valence-corrected chi connectivity index (χ0v) is 23.5. The van der Waals surface area contributed by atoms with Gasteiger partial charge >= 0.3 is 0 Å². The second-order valence-electron chi connectivity index (χ2n) is 10.0. The first-order valence-electron chi connectivity index (χ1n) is 12.4. The number of hydrogen-bond donors (Lipinski definition) is 0. The molecule has 7 heteroatoms. The van der Waals surface area contributed by atoms with Crippen molar-refractivity contribution in [3.05, 3.63) is 60.7 Å². The third-order valence-electron chi connectivity index (χ3n) is 8.05. The molecule has 0 unspecified atom stereocenters. The molecular weight excluding hydrogens is 580 g/mol. The lowest BCUT2D eigenvalue weighted by Gasteiger charge is -2.39. The highest BCUT2D eigenvalue weighted by atomic mass is 79.9. The normalized spacial score (nSPS) is 25.4. The van der Waals surface area contributed by atoms with E-state index in [4.69, 9.17) is 21.3 Å². The molecule has 2 fully saturated rings. The molecule has 182 valence electrons. The summed E-state index contributed by atoms with van der Waals surface area (Å²) >= 11 is 13.9. The summed E-state index contributed by atoms with van der Waals surface area (Å²) < 4.78 is 7.66. The Labute approximate surface area is 224 Å². The van der Waals surface area contributed by atoms with Crippen LogP contribution in [-0.2, 0) is 22.4 Å². The number of rotatable bonds is 3. The number of fused-ring (bicyclic) bond motifs is 2. The van der Waals surface area contributed by atoms with Crippen LogP contribution in [0.1, 0.15) is 66.8 Å². The summed E-state index contributed by atoms with van der Waals surface area (Å²) in [6.07, 6.45) is 10.1. The number of methoxy groups -OCH3 is 1. The van der Waals surface area contributed by atoms with Gasteiger partial charge in [0.15, 0.2) is 0 Å². The summed E-state index contributed by atoms with van der Waals surface area (Å²) in [5.41, 5.74) is 5.14. The van der Waals surface area contributed by atoms with E-state index >= 15 is 0 Å². The van der Waals surface area contributed by atoms with Gasteiger partial charge in [0.05, 0.1) is 11.8 Å². The Kier molecular flexibility index (Phi) is 7.69. The number of nitrogens with zero attached hydrogens (tertiary/aromatic N) is 2. The van der Waals surface area contributed by atoms with Gasteiger partial charge in [-0.15, -0.1) is 0 Å². The van der Waals surface area contributed by atoms with Crippen LogP contribution in [-0.4, -0.2) is 42.1 Å². The van der Waals surface area contributed by atoms with Crippen molar-refractivity contribution in [3.63, 3.8) is 0 Å². The van der Waals surface area contributed by atoms with Crippen LogP contribution in [0.5, 0.6) is 0 Å². The molecule has 0 bridgehead atoms. The van der Waals surface area contributed by atoms with E-state index in [1.165, 1.54) is 22.4 Å². The zero-order valence-electron chi connectivity index (χ0n) is 19.5. The molecule has 2 aliphatic carbocycles. The number of aromatic nitrogens is 1. The standard InChI is InChI=1S/C27H31Br2ClN2O2/c1-34-22-4-2-3-19(13-22)27(33)32-9-7-16(8-10-32)25-24-17(12-21(30)14-23(24)29)5-6-18-11-20(28)15-31-26(18)25/h11-12,14-16,19,22,25H,2-10,13H2,1H3/t19-,22-,25-/m1/s1. The van der Waals surface area contributed by atoms with Gasteiger partial charge in [0.2, 0.25) is 5.91 Å². The lowest BCUT2D eigenvalue weighted by atomic mass is 9.76. The number of amides is 1. The molecule has 0 radical (unpaired) electrons. The summed E-state index contributed by atoms with van der Waals surface area (Å²) in [6, 6.07) is 6.37. The molecule has 2 heterocycles. The molecule has 1 saturated carbocycles. The van der Waals surface area contributed by atoms with E-state index in [1.54, 1.807) is 7.11 Å². The number of likely N-dealkylation sites (tertiary alicyclic amines) is 1. The fourth-order valence-electron chi connectivity index (χ4n) is 6.32. The second kappa shape index (κ2) is 10.6. The molecule has 1 aromatic heterocycles. The maximum absolute atomic E-state index is 13.3. The summed E-state index contributed by atoms with van der Waals surface area (Å²) in [5.74, 6) is 1.09. The number of ether oxygens (including phenoxy) is 1. The number of pyridine rings is 1. The van der Waals surface area contributed by atoms with Gasteiger partial charge in [-0.1, -0.05) is 34.0 Å². The quantitative estimate of drug-likeness (QED) is 0.379. The van der Waals surface area contributed by atoms with Gasteiger partial charge in [-0.3, -0.25) is 9.78 Å². The monoisotopic (exact) mass is 608 g/mol. The smallest absolute Gasteiger partial charge is 0.225 e. The largest absolute Gasteiger partial charge is 0.381 e. The third-order valence-corrected chi connectivity index (χ3v) is 9.36. The minimum Gasteiger partial charge on any atom is -0.381 e. The summed E-state index contributed by atoms with van der Waals surface area (Å²) in [7, 11) is 1.77. The fraction of sp³-hybridized carbons (Fsp3) is 0.556. The minimum absolute atomic E-state index is 0.116. The molecule has 1 saturated heterocycles. The molecule has 5 rings (SSSR count). The average Bonchev–Trinajstić information content (AvgIpc) is 3.00. The zero-order chi connectivity index (χ0) is 23.8. The van der Waals surface area contributed by atoms with Crippen molar-refractivity contribution in [2.75, 3.05) is 20.2 Å². The molecular formula is C27H31Br2ClN2O2. The predicted octanol–water partition coefficient (Wildman–Crippen LogP) is 6.93. The van der Waals surface area contributed by atoms with Crippen molar-refractivity contribution in [2.24, 2.45) is 11.8 Å². The highest BCUT2D eigenvalue weighted by Gasteiger charge is 2.38. The molecule has 0 spiro atoms. The molecule has 3 aliphatic rings. The van der Waals surface area contributed by atoms with Crippen molar-refractivity contribution < 1.29 is 9.53 Å². The van der Waals surface area contributed by atoms with E-state index < -0.39 is 0 Å². The van der Waals surface area contributed by atoms with Crippen molar-refractivity contribution in [2.45, 2.75) is 63.4 Å². The van der Waals surface area contributed by atoms with Crippen LogP contribution >= 0.6 is 43.5 Å². The van der Waals surface area contributed by atoms with Crippen LogP contribution < -0.4 is 0 Å². The average molecular weight is 611 g/mol. The van der Waals surface area contributed by atoms with Gasteiger partial charge < -0.3 is 9.64 Å². The Balaban J connectivity index is 1.40. The number of piperidine rings is 1. The van der Waals surface area contributed by atoms with Gasteiger partial charge in [0.1, 0.15) is 0 Å². The maximum atomic E-state index is 13.3. The number of halogens is 3. The molecule has 1 aliphatic heterocycles. The molecule has 1 aromatic carbocycles. The minimum atomic E-state index is 0.116. The lowest BCUT2D eigenvalue weighted by Crippen LogP contribution is -2.44. The molecule has 4 nitrogen and oxygen atoms in total. The summed E-state index contributed by atoms with van der Waals surface area (Å²) in [4.78, 5) is 20.4. The summed E-state index contributed by atoms with van der Waals surface area (Å²) in [6.45, 7) is 1.64. The first-order chi connectivity index (χ1) is 16.4. The van der Waals surface area contributed by atoms with Crippen molar-refractivity contribution in [1.29, 1.82) is 0 Å². The topological polar surface area (TPSA) is 42.4 Å². The maximum Gasteiger partial charge on any atom is 0.225 e. The van der Waals surface area contributed by atoms with Crippen molar-refractivity contribution >= 4 is 49.4 Å². The Hall–Kier alpha value is -0.950. The third kappa shape index (κ3) is 4.98. The molecule has 34 heavy (non-hydrogen) atoms. The van der Waals surface area contributed by atoms with E-state index in [1.807, 2.05) is 12.3 Å². The Morgan fingerprint density at radius 3 is 2.62 bits per heavy atom. The van der Waals surface area contributed by atoms with Crippen LogP contribution in [0, 0.1) is 11.8 Å². The van der Waals surface area contributed by atoms with Crippen LogP contribution in [0.2, 0.25) is 5.02 Å². The van der Waals surface area contributed by atoms with E-state index in [0.29, 0.717) is 11.8 Å². The second-order valence-corrected chi connectivity index (χ2v) is 12.2. The number of benzene rings is 1. The molecule has 0 N–H and O–H groups in total. The number of carbonyl (C=O) groups excluding carboxylic acids is 1. The van der Waals surface area contributed by atoms with E-state index in [9.17, 15) is 4.79 Å². The van der Waals surface area contributed by atoms with E-state index in [0.717, 1.165) is 78.4 Å². The Morgan fingerprint density at radius 2 is 1.85 bits per heavy atom. The van der Waals surface area contributed by atoms with Gasteiger partial charge in [-0.05, 0) is 102 Å². The van der Waals surface area contributed by atoms with E-state index in [-0.39, 0.29) is 17.9 Å². The van der Waals surface area contributed by atoms with Gasteiger partial charge in [0.25, 0.3) is 0 Å². The molecule has 1 amide bonds. The van der Waals surface area contributed by atoms with Crippen LogP contribution in [0.15, 0.2) is 33.3 Å². The number of carbonyl (C=O) groups is 1. The van der Waals surface area contributed by atoms with Gasteiger partial charge in [0, 0.05) is 52.2 Å². The highest BCUT2D eigenvalue weighted by molar-refractivity contribution is 9.10. The molecule has 2 aromatic rings. The first kappa shape index (κ1) is 24.7. The predicted molar refractivity (Wildman–Crippen MR) is 142 cm³/mol. The van der Waals surface area contributed by atoms with Crippen molar-refractivity contribution in [1.82, 2.24) is 9.88 Å². The lowest BCUT2D eigenvalue weighted by molar-refractivity contribution is -0.139. The van der Waals surface area contributed by atoms with Crippen LogP contribution in [0.3, 0.4) is 0 Å². The fourth-order valence-corrected chi connectivity index (χ4v) is 7.82. The van der Waals surface area contributed by atoms with Gasteiger partial charge in [-0.2, -0.15) is 0 Å². The number of hydrogen-bond acceptors (Lipinski definition) is 3. The first-order valence-corrected chi connectivity index (χ1v) is 14.3. The highest BCUT2D eigenvalue weighted by Crippen LogP contribution is 2.46. The van der Waals surface area contributed by atoms with Crippen LogP contribution in [0.25, 0.3) is 0 Å². The number of aryl methyl sites for hydroxylation is 2. The molecule has 3 atom stereocenters. The van der Waals surface area contributed by atoms with Gasteiger partial charge in [-0.25, -0.2) is 0 Å². The Morgan fingerprint density at radius 1 is 1.09 bits per heavy atom. The van der Waals surface area contributed by atoms with Crippen LogP contribution in [0.4, 0.5) is 0 Å². The Bertz CT molecular complexity index is 1070. The SMILES string of the molecule is CO[C@@H]1CCC[C@@H](C(=O)N2CCC([C@H]3c4ncc(Br)cc4CCc4cc(Cl)cc(Br)c43)CC2)C1. The van der Waals surface area contributed by atoms with Crippen molar-refractivity contribution in [3.8, 4) is 0 Å².